The van der Waals surface area contributed by atoms with Crippen molar-refractivity contribution in [3.8, 4) is 11.3 Å². The molecule has 1 heterocycles. The Morgan fingerprint density at radius 3 is 2.62 bits per heavy atom. The average Bonchev–Trinajstić information content (AvgIpc) is 3.26. The van der Waals surface area contributed by atoms with Crippen molar-refractivity contribution in [2.75, 3.05) is 20.1 Å². The Balaban J connectivity index is 1.33. The van der Waals surface area contributed by atoms with Gasteiger partial charge in [0.2, 0.25) is 5.91 Å². The van der Waals surface area contributed by atoms with Gasteiger partial charge in [0, 0.05) is 24.8 Å². The van der Waals surface area contributed by atoms with Crippen molar-refractivity contribution in [1.29, 1.82) is 0 Å². The summed E-state index contributed by atoms with van der Waals surface area (Å²) in [5, 5.41) is 9.68. The monoisotopic (exact) mass is 440 g/mol. The van der Waals surface area contributed by atoms with Crippen LogP contribution in [0.2, 0.25) is 0 Å². The number of rotatable bonds is 10. The van der Waals surface area contributed by atoms with E-state index >= 15 is 0 Å². The third-order valence-electron chi connectivity index (χ3n) is 5.14. The maximum absolute atomic E-state index is 13.6. The van der Waals surface area contributed by atoms with Crippen LogP contribution in [0.25, 0.3) is 11.3 Å². The molecule has 2 aromatic carbocycles. The van der Waals surface area contributed by atoms with E-state index in [-0.39, 0.29) is 23.8 Å². The van der Waals surface area contributed by atoms with Crippen molar-refractivity contribution in [3.05, 3.63) is 77.5 Å². The Bertz CT molecular complexity index is 1070. The third kappa shape index (κ3) is 6.47. The van der Waals surface area contributed by atoms with Gasteiger partial charge in [-0.15, -0.1) is 0 Å². The number of aromatic nitrogens is 2. The number of aromatic amines is 1. The van der Waals surface area contributed by atoms with E-state index in [4.69, 9.17) is 0 Å². The molecule has 0 saturated heterocycles. The highest BCUT2D eigenvalue weighted by atomic mass is 19.1. The largest absolute Gasteiger partial charge is 0.344 e. The minimum Gasteiger partial charge on any atom is -0.344 e. The zero-order valence-corrected chi connectivity index (χ0v) is 17.9. The van der Waals surface area contributed by atoms with Crippen molar-refractivity contribution in [3.63, 3.8) is 0 Å². The predicted molar refractivity (Wildman–Crippen MR) is 118 cm³/mol. The molecule has 3 rings (SSSR count). The summed E-state index contributed by atoms with van der Waals surface area (Å²) in [5.74, 6) is -1.76. The molecular weight excluding hydrogens is 414 g/mol. The molecule has 0 bridgehead atoms. The van der Waals surface area contributed by atoms with E-state index in [9.17, 15) is 18.4 Å². The van der Waals surface area contributed by atoms with Crippen LogP contribution in [0.1, 0.15) is 35.3 Å². The van der Waals surface area contributed by atoms with Gasteiger partial charge in [-0.2, -0.15) is 5.10 Å². The molecular formula is C24H26F2N4O2. The number of hydrogen-bond acceptors (Lipinski definition) is 3. The van der Waals surface area contributed by atoms with Crippen molar-refractivity contribution in [2.45, 2.75) is 25.7 Å². The van der Waals surface area contributed by atoms with E-state index in [0.29, 0.717) is 12.2 Å². The quantitative estimate of drug-likeness (QED) is 0.469. The van der Waals surface area contributed by atoms with Gasteiger partial charge in [-0.05, 0) is 49.6 Å². The lowest BCUT2D eigenvalue weighted by Crippen LogP contribution is -2.38. The van der Waals surface area contributed by atoms with Gasteiger partial charge in [0.05, 0.1) is 17.8 Å². The number of carbonyl (C=O) groups is 2. The normalized spacial score (nSPS) is 10.7. The molecule has 0 spiro atoms. The van der Waals surface area contributed by atoms with E-state index < -0.39 is 11.7 Å². The van der Waals surface area contributed by atoms with E-state index in [1.165, 1.54) is 30.3 Å². The number of aryl methyl sites for hydroxylation is 1. The van der Waals surface area contributed by atoms with Gasteiger partial charge in [0.1, 0.15) is 11.6 Å². The lowest BCUT2D eigenvalue weighted by Gasteiger charge is -2.17. The van der Waals surface area contributed by atoms with Crippen LogP contribution in [0.3, 0.4) is 0 Å². The van der Waals surface area contributed by atoms with Crippen LogP contribution in [-0.4, -0.2) is 47.0 Å². The number of hydrogen-bond donors (Lipinski definition) is 2. The van der Waals surface area contributed by atoms with Gasteiger partial charge < -0.3 is 10.2 Å². The molecule has 0 aliphatic rings. The molecule has 168 valence electrons. The van der Waals surface area contributed by atoms with Gasteiger partial charge in [0.15, 0.2) is 0 Å². The van der Waals surface area contributed by atoms with E-state index in [1.54, 1.807) is 24.1 Å². The van der Waals surface area contributed by atoms with Crippen molar-refractivity contribution in [1.82, 2.24) is 20.4 Å². The molecule has 2 N–H and O–H groups in total. The van der Waals surface area contributed by atoms with Gasteiger partial charge >= 0.3 is 0 Å². The average molecular weight is 440 g/mol. The fraction of sp³-hybridized carbons (Fsp3) is 0.292. The summed E-state index contributed by atoms with van der Waals surface area (Å²) in [6.07, 6.45) is 3.44. The molecule has 0 atom stereocenters. The summed E-state index contributed by atoms with van der Waals surface area (Å²) >= 11 is 0. The lowest BCUT2D eigenvalue weighted by molar-refractivity contribution is -0.128. The van der Waals surface area contributed by atoms with Crippen LogP contribution < -0.4 is 5.32 Å². The molecule has 2 amide bonds. The minimum absolute atomic E-state index is 0.0812. The van der Waals surface area contributed by atoms with Crippen LogP contribution in [0, 0.1) is 11.6 Å². The number of H-pyrrole nitrogens is 1. The van der Waals surface area contributed by atoms with E-state index in [1.807, 2.05) is 12.1 Å². The Kier molecular flexibility index (Phi) is 8.08. The summed E-state index contributed by atoms with van der Waals surface area (Å²) in [5.41, 5.74) is 2.34. The summed E-state index contributed by atoms with van der Waals surface area (Å²) in [6.45, 7) is 0.382. The van der Waals surface area contributed by atoms with Crippen LogP contribution in [0.15, 0.2) is 54.6 Å². The SMILES string of the molecule is CN(CCCCCc1cc(-c2cccc(F)c2)n[nH]1)C(=O)CNC(=O)c1ccccc1F. The van der Waals surface area contributed by atoms with Gasteiger partial charge in [-0.25, -0.2) is 8.78 Å². The maximum Gasteiger partial charge on any atom is 0.254 e. The summed E-state index contributed by atoms with van der Waals surface area (Å²) in [7, 11) is 1.68. The van der Waals surface area contributed by atoms with Crippen LogP contribution in [0.4, 0.5) is 8.78 Å². The zero-order chi connectivity index (χ0) is 22.9. The van der Waals surface area contributed by atoms with E-state index in [0.717, 1.165) is 36.9 Å². The first-order valence-corrected chi connectivity index (χ1v) is 10.5. The first kappa shape index (κ1) is 23.1. The molecule has 0 unspecified atom stereocenters. The number of carbonyl (C=O) groups excluding carboxylic acids is 2. The molecule has 0 aliphatic carbocycles. The highest BCUT2D eigenvalue weighted by molar-refractivity contribution is 5.96. The Morgan fingerprint density at radius 1 is 1.03 bits per heavy atom. The standard InChI is InChI=1S/C24H26F2N4O2/c1-30(23(31)16-27-24(32)20-11-4-5-12-21(20)26)13-6-2-3-10-19-15-22(29-28-19)17-8-7-9-18(25)14-17/h4-5,7-9,11-12,14-15H,2-3,6,10,13,16H2,1H3,(H,27,32)(H,28,29). The van der Waals surface area contributed by atoms with Gasteiger partial charge in [-0.3, -0.25) is 14.7 Å². The third-order valence-corrected chi connectivity index (χ3v) is 5.14. The molecule has 0 radical (unpaired) electrons. The highest BCUT2D eigenvalue weighted by Gasteiger charge is 2.14. The van der Waals surface area contributed by atoms with Crippen LogP contribution in [-0.2, 0) is 11.2 Å². The fourth-order valence-electron chi connectivity index (χ4n) is 3.28. The molecule has 6 nitrogen and oxygen atoms in total. The Labute approximate surface area is 185 Å². The Morgan fingerprint density at radius 2 is 1.84 bits per heavy atom. The number of halogens is 2. The van der Waals surface area contributed by atoms with Crippen molar-refractivity contribution >= 4 is 11.8 Å². The fourth-order valence-corrected chi connectivity index (χ4v) is 3.28. The minimum atomic E-state index is -0.619. The van der Waals surface area contributed by atoms with E-state index in [2.05, 4.69) is 15.5 Å². The lowest BCUT2D eigenvalue weighted by atomic mass is 10.1. The number of nitrogens with one attached hydrogen (secondary N) is 2. The molecule has 0 saturated carbocycles. The van der Waals surface area contributed by atoms with Crippen LogP contribution in [0.5, 0.6) is 0 Å². The second-order valence-corrected chi connectivity index (χ2v) is 7.58. The highest BCUT2D eigenvalue weighted by Crippen LogP contribution is 2.19. The topological polar surface area (TPSA) is 78.1 Å². The maximum atomic E-state index is 13.6. The van der Waals surface area contributed by atoms with Gasteiger partial charge in [-0.1, -0.05) is 30.7 Å². The predicted octanol–water partition coefficient (Wildman–Crippen LogP) is 3.96. The smallest absolute Gasteiger partial charge is 0.254 e. The molecule has 0 fully saturated rings. The second kappa shape index (κ2) is 11.2. The molecule has 1 aromatic heterocycles. The Hall–Kier alpha value is -3.55. The summed E-state index contributed by atoms with van der Waals surface area (Å²) in [4.78, 5) is 25.7. The first-order valence-electron chi connectivity index (χ1n) is 10.5. The second-order valence-electron chi connectivity index (χ2n) is 7.58. The summed E-state index contributed by atoms with van der Waals surface area (Å²) < 4.78 is 27.0. The van der Waals surface area contributed by atoms with Gasteiger partial charge in [0.25, 0.3) is 5.91 Å². The van der Waals surface area contributed by atoms with Crippen LogP contribution >= 0.6 is 0 Å². The molecule has 3 aromatic rings. The number of unbranched alkanes of at least 4 members (excludes halogenated alkanes) is 2. The number of amides is 2. The summed E-state index contributed by atoms with van der Waals surface area (Å²) in [6, 6.07) is 13.9. The molecule has 32 heavy (non-hydrogen) atoms. The molecule has 8 heteroatoms. The van der Waals surface area contributed by atoms with Crippen molar-refractivity contribution < 1.29 is 18.4 Å². The zero-order valence-electron chi connectivity index (χ0n) is 17.9. The van der Waals surface area contributed by atoms with Crippen molar-refractivity contribution in [2.24, 2.45) is 0 Å². The number of nitrogens with zero attached hydrogens (tertiary/aromatic N) is 2. The molecule has 0 aliphatic heterocycles. The first-order chi connectivity index (χ1) is 15.4. The number of likely N-dealkylation sites (N-methyl/N-ethyl adjacent to an activating group) is 1. The number of benzene rings is 2.